The Morgan fingerprint density at radius 1 is 1.17 bits per heavy atom. The zero-order valence-corrected chi connectivity index (χ0v) is 18.9. The molecule has 0 aliphatic carbocycles. The van der Waals surface area contributed by atoms with Crippen molar-refractivity contribution in [3.8, 4) is 0 Å². The molecule has 3 amide bonds. The largest absolute Gasteiger partial charge is 0.446 e. The molecule has 2 fully saturated rings. The number of hydrogen-bond donors (Lipinski definition) is 3. The molecule has 0 saturated carbocycles. The number of benzene rings is 1. The summed E-state index contributed by atoms with van der Waals surface area (Å²) in [6, 6.07) is 3.69. The number of nitrogens with one attached hydrogen (secondary N) is 3. The quantitative estimate of drug-likeness (QED) is 0.403. The van der Waals surface area contributed by atoms with E-state index in [1.807, 2.05) is 0 Å². The van der Waals surface area contributed by atoms with Gasteiger partial charge in [0.2, 0.25) is 0 Å². The van der Waals surface area contributed by atoms with E-state index >= 15 is 0 Å². The molecule has 0 radical (unpaired) electrons. The van der Waals surface area contributed by atoms with Crippen molar-refractivity contribution in [2.75, 3.05) is 26.2 Å². The van der Waals surface area contributed by atoms with Gasteiger partial charge in [-0.2, -0.15) is 13.2 Å². The maximum atomic E-state index is 13.6. The first-order valence-electron chi connectivity index (χ1n) is 11.3. The molecule has 0 bridgehead atoms. The molecule has 1 aromatic heterocycles. The van der Waals surface area contributed by atoms with Gasteiger partial charge >= 0.3 is 18.3 Å². The van der Waals surface area contributed by atoms with Crippen LogP contribution in [0.2, 0.25) is 0 Å². The summed E-state index contributed by atoms with van der Waals surface area (Å²) in [5.41, 5.74) is -0.0644. The van der Waals surface area contributed by atoms with Crippen LogP contribution < -0.4 is 16.0 Å². The number of carbonyl (C=O) groups is 2. The summed E-state index contributed by atoms with van der Waals surface area (Å²) in [6.45, 7) is 0.986. The van der Waals surface area contributed by atoms with Crippen molar-refractivity contribution in [2.24, 2.45) is 0 Å². The number of imide groups is 1. The number of ether oxygens (including phenoxy) is 1. The lowest BCUT2D eigenvalue weighted by molar-refractivity contribution is -0.137. The Morgan fingerprint density at radius 3 is 2.67 bits per heavy atom. The summed E-state index contributed by atoms with van der Waals surface area (Å²) in [7, 11) is 0. The van der Waals surface area contributed by atoms with E-state index in [9.17, 15) is 31.5 Å². The Balaban J connectivity index is 1.26. The van der Waals surface area contributed by atoms with Crippen LogP contribution in [0.15, 0.2) is 36.5 Å². The highest BCUT2D eigenvalue weighted by atomic mass is 19.4. The first kappa shape index (κ1) is 25.8. The van der Waals surface area contributed by atoms with Crippen LogP contribution in [0.25, 0.3) is 0 Å². The second-order valence-electron chi connectivity index (χ2n) is 8.52. The lowest BCUT2D eigenvalue weighted by Gasteiger charge is -2.31. The average molecular weight is 513 g/mol. The van der Waals surface area contributed by atoms with E-state index in [0.29, 0.717) is 25.2 Å². The number of amides is 3. The monoisotopic (exact) mass is 513 g/mol. The normalized spacial score (nSPS) is 22.4. The van der Waals surface area contributed by atoms with E-state index in [2.05, 4.69) is 20.9 Å². The number of piperidine rings is 1. The Hall–Kier alpha value is -3.32. The number of aromatic nitrogens is 1. The number of cyclic esters (lactones) is 1. The lowest BCUT2D eigenvalue weighted by Crippen LogP contribution is -2.47. The van der Waals surface area contributed by atoms with Crippen molar-refractivity contribution < 1.29 is 36.3 Å². The highest BCUT2D eigenvalue weighted by Crippen LogP contribution is 2.30. The molecule has 36 heavy (non-hydrogen) atoms. The van der Waals surface area contributed by atoms with Gasteiger partial charge in [-0.05, 0) is 49.2 Å². The maximum absolute atomic E-state index is 13.6. The molecule has 2 unspecified atom stereocenters. The standard InChI is InChI=1S/C23H24F5N5O3/c24-16-3-1-13(9-17(16)25)20-12-36-22(35)33(20)21(34)31-8-7-29-15-5-6-30-19(10-15)18-4-2-14(11-32-18)23(26,27)28/h1-4,9,11,15,19-20,29-30H,5-8,10,12H2,(H,31,34)/t15?,19?,20-/m1/s1. The fraction of sp³-hybridized carbons (Fsp3) is 0.435. The number of carbonyl (C=O) groups excluding carboxylic acids is 2. The highest BCUT2D eigenvalue weighted by molar-refractivity contribution is 5.92. The van der Waals surface area contributed by atoms with Crippen LogP contribution in [0, 0.1) is 11.6 Å². The molecule has 194 valence electrons. The predicted molar refractivity (Wildman–Crippen MR) is 117 cm³/mol. The highest BCUT2D eigenvalue weighted by Gasteiger charge is 2.39. The summed E-state index contributed by atoms with van der Waals surface area (Å²) in [4.78, 5) is 29.4. The molecule has 3 heterocycles. The lowest BCUT2D eigenvalue weighted by atomic mass is 9.96. The van der Waals surface area contributed by atoms with Gasteiger partial charge in [-0.1, -0.05) is 6.07 Å². The van der Waals surface area contributed by atoms with E-state index in [1.165, 1.54) is 12.1 Å². The number of hydrogen-bond acceptors (Lipinski definition) is 6. The third-order valence-corrected chi connectivity index (χ3v) is 6.13. The van der Waals surface area contributed by atoms with Gasteiger partial charge in [-0.3, -0.25) is 4.98 Å². The van der Waals surface area contributed by atoms with Gasteiger partial charge in [0, 0.05) is 25.3 Å². The molecule has 2 aliphatic heterocycles. The Bertz CT molecular complexity index is 1100. The number of rotatable bonds is 6. The van der Waals surface area contributed by atoms with Crippen LogP contribution in [0.5, 0.6) is 0 Å². The van der Waals surface area contributed by atoms with E-state index in [1.54, 1.807) is 0 Å². The van der Waals surface area contributed by atoms with E-state index in [4.69, 9.17) is 4.74 Å². The minimum absolute atomic E-state index is 0.0314. The first-order chi connectivity index (χ1) is 17.1. The van der Waals surface area contributed by atoms with Crippen LogP contribution in [-0.4, -0.2) is 54.3 Å². The van der Waals surface area contributed by atoms with Gasteiger partial charge in [-0.25, -0.2) is 23.3 Å². The van der Waals surface area contributed by atoms with Crippen LogP contribution in [0.3, 0.4) is 0 Å². The predicted octanol–water partition coefficient (Wildman–Crippen LogP) is 3.66. The number of alkyl halides is 3. The first-order valence-corrected chi connectivity index (χ1v) is 11.3. The minimum Gasteiger partial charge on any atom is -0.446 e. The number of nitrogens with zero attached hydrogens (tertiary/aromatic N) is 2. The molecule has 1 aromatic carbocycles. The molecule has 0 spiro atoms. The van der Waals surface area contributed by atoms with Crippen molar-refractivity contribution >= 4 is 12.1 Å². The zero-order chi connectivity index (χ0) is 25.9. The summed E-state index contributed by atoms with van der Waals surface area (Å²) < 4.78 is 70.0. The van der Waals surface area contributed by atoms with Gasteiger partial charge < -0.3 is 20.7 Å². The van der Waals surface area contributed by atoms with E-state index < -0.39 is 41.5 Å². The van der Waals surface area contributed by atoms with Crippen LogP contribution in [0.4, 0.5) is 31.5 Å². The van der Waals surface area contributed by atoms with Crippen molar-refractivity contribution in [3.05, 3.63) is 65.0 Å². The summed E-state index contributed by atoms with van der Waals surface area (Å²) in [5.74, 6) is -2.14. The number of halogens is 5. The molecule has 3 N–H and O–H groups in total. The molecule has 4 rings (SSSR count). The molecule has 2 saturated heterocycles. The molecule has 3 atom stereocenters. The topological polar surface area (TPSA) is 95.6 Å². The Labute approximate surface area is 203 Å². The third-order valence-electron chi connectivity index (χ3n) is 6.13. The SMILES string of the molecule is O=C(NCCNC1CCNC(c2ccc(C(F)(F)F)cn2)C1)N1C(=O)OC[C@@H]1c1ccc(F)c(F)c1. The van der Waals surface area contributed by atoms with Gasteiger partial charge in [0.25, 0.3) is 0 Å². The van der Waals surface area contributed by atoms with Crippen LogP contribution in [0.1, 0.15) is 41.7 Å². The maximum Gasteiger partial charge on any atom is 0.418 e. The Kier molecular flexibility index (Phi) is 7.69. The van der Waals surface area contributed by atoms with Crippen molar-refractivity contribution in [2.45, 2.75) is 37.1 Å². The molecular formula is C23H24F5N5O3. The molecule has 2 aliphatic rings. The van der Waals surface area contributed by atoms with Gasteiger partial charge in [0.1, 0.15) is 12.6 Å². The Morgan fingerprint density at radius 2 is 1.97 bits per heavy atom. The second kappa shape index (κ2) is 10.7. The summed E-state index contributed by atoms with van der Waals surface area (Å²) in [6.07, 6.45) is -3.16. The molecule has 8 nitrogen and oxygen atoms in total. The van der Waals surface area contributed by atoms with Crippen molar-refractivity contribution in [3.63, 3.8) is 0 Å². The molecule has 2 aromatic rings. The third kappa shape index (κ3) is 5.90. The van der Waals surface area contributed by atoms with Crippen LogP contribution >= 0.6 is 0 Å². The summed E-state index contributed by atoms with van der Waals surface area (Å²) in [5, 5.41) is 9.13. The van der Waals surface area contributed by atoms with Gasteiger partial charge in [0.05, 0.1) is 17.3 Å². The van der Waals surface area contributed by atoms with Crippen molar-refractivity contribution in [1.82, 2.24) is 25.8 Å². The zero-order valence-electron chi connectivity index (χ0n) is 18.9. The fourth-order valence-corrected chi connectivity index (χ4v) is 4.25. The number of urea groups is 1. The van der Waals surface area contributed by atoms with Crippen LogP contribution in [-0.2, 0) is 10.9 Å². The van der Waals surface area contributed by atoms with Gasteiger partial charge in [-0.15, -0.1) is 0 Å². The average Bonchev–Trinajstić information content (AvgIpc) is 3.24. The summed E-state index contributed by atoms with van der Waals surface area (Å²) >= 11 is 0. The van der Waals surface area contributed by atoms with E-state index in [-0.39, 0.29) is 30.8 Å². The minimum atomic E-state index is -4.44. The van der Waals surface area contributed by atoms with E-state index in [0.717, 1.165) is 35.7 Å². The number of pyridine rings is 1. The van der Waals surface area contributed by atoms with Gasteiger partial charge in [0.15, 0.2) is 11.6 Å². The fourth-order valence-electron chi connectivity index (χ4n) is 4.25. The molecular weight excluding hydrogens is 489 g/mol. The van der Waals surface area contributed by atoms with Crippen molar-refractivity contribution in [1.29, 1.82) is 0 Å². The second-order valence-corrected chi connectivity index (χ2v) is 8.52. The smallest absolute Gasteiger partial charge is 0.418 e. The molecule has 13 heteroatoms.